The van der Waals surface area contributed by atoms with Gasteiger partial charge in [0.25, 0.3) is 11.6 Å². The number of rotatable bonds is 6. The molecule has 1 aromatic heterocycles. The van der Waals surface area contributed by atoms with Gasteiger partial charge in [0.05, 0.1) is 21.3 Å². The summed E-state index contributed by atoms with van der Waals surface area (Å²) in [7, 11) is 0. The lowest BCUT2D eigenvalue weighted by Gasteiger charge is -2.10. The number of non-ortho nitro benzene ring substituents is 1. The molecule has 0 aliphatic rings. The molecule has 2 aromatic carbocycles. The first-order valence-electron chi connectivity index (χ1n) is 8.02. The zero-order valence-corrected chi connectivity index (χ0v) is 16.9. The minimum Gasteiger partial charge on any atom is -0.482 e. The molecule has 0 saturated heterocycles. The molecule has 8 nitrogen and oxygen atoms in total. The summed E-state index contributed by atoms with van der Waals surface area (Å²) < 4.78 is 7.74. The Labute approximate surface area is 173 Å². The molecule has 0 aliphatic carbocycles. The maximum absolute atomic E-state index is 12.3. The number of hydrogen-bond donors (Lipinski definition) is 1. The van der Waals surface area contributed by atoms with E-state index >= 15 is 0 Å². The summed E-state index contributed by atoms with van der Waals surface area (Å²) in [5.74, 6) is 0.406. The average molecular weight is 466 g/mol. The van der Waals surface area contributed by atoms with E-state index in [1.165, 1.54) is 16.8 Å². The molecule has 0 aliphatic heterocycles. The van der Waals surface area contributed by atoms with E-state index in [9.17, 15) is 14.9 Å². The van der Waals surface area contributed by atoms with E-state index < -0.39 is 10.8 Å². The molecule has 28 heavy (non-hydrogen) atoms. The van der Waals surface area contributed by atoms with Crippen LogP contribution in [-0.2, 0) is 4.79 Å². The van der Waals surface area contributed by atoms with E-state index in [0.717, 1.165) is 4.47 Å². The van der Waals surface area contributed by atoms with Gasteiger partial charge in [-0.15, -0.1) is 0 Å². The Kier molecular flexibility index (Phi) is 5.96. The number of nitrogens with zero attached hydrogens (tertiary/aromatic N) is 3. The van der Waals surface area contributed by atoms with Crippen LogP contribution in [0, 0.1) is 17.0 Å². The summed E-state index contributed by atoms with van der Waals surface area (Å²) >= 11 is 9.37. The molecule has 0 saturated carbocycles. The molecule has 144 valence electrons. The Morgan fingerprint density at radius 2 is 2.00 bits per heavy atom. The smallest absolute Gasteiger partial charge is 0.269 e. The number of hydrogen-bond acceptors (Lipinski definition) is 5. The van der Waals surface area contributed by atoms with Gasteiger partial charge in [-0.05, 0) is 37.3 Å². The van der Waals surface area contributed by atoms with Crippen molar-refractivity contribution in [3.05, 3.63) is 73.8 Å². The Bertz CT molecular complexity index is 1040. The van der Waals surface area contributed by atoms with Crippen LogP contribution in [0.2, 0.25) is 5.02 Å². The number of carbonyl (C=O) groups is 1. The van der Waals surface area contributed by atoms with Gasteiger partial charge < -0.3 is 10.1 Å². The SMILES string of the molecule is Cc1cc(NC(=O)COc2ccc(Br)cc2Cl)n(-c2ccc([N+](=O)[O-])cc2)n1. The first-order valence-corrected chi connectivity index (χ1v) is 9.20. The summed E-state index contributed by atoms with van der Waals surface area (Å²) in [6.07, 6.45) is 0. The Morgan fingerprint density at radius 3 is 2.64 bits per heavy atom. The molecule has 1 amide bonds. The third kappa shape index (κ3) is 4.68. The van der Waals surface area contributed by atoms with Gasteiger partial charge in [0.1, 0.15) is 11.6 Å². The van der Waals surface area contributed by atoms with Crippen molar-refractivity contribution in [3.8, 4) is 11.4 Å². The highest BCUT2D eigenvalue weighted by molar-refractivity contribution is 9.10. The topological polar surface area (TPSA) is 99.3 Å². The number of amides is 1. The van der Waals surface area contributed by atoms with Crippen LogP contribution in [-0.4, -0.2) is 27.2 Å². The van der Waals surface area contributed by atoms with Crippen molar-refractivity contribution in [3.63, 3.8) is 0 Å². The zero-order valence-electron chi connectivity index (χ0n) is 14.6. The van der Waals surface area contributed by atoms with Gasteiger partial charge in [-0.25, -0.2) is 4.68 Å². The number of benzene rings is 2. The normalized spacial score (nSPS) is 10.5. The summed E-state index contributed by atoms with van der Waals surface area (Å²) in [5, 5.41) is 18.2. The van der Waals surface area contributed by atoms with Crippen molar-refractivity contribution in [2.75, 3.05) is 11.9 Å². The molecular formula is C18H14BrClN4O4. The lowest BCUT2D eigenvalue weighted by molar-refractivity contribution is -0.384. The lowest BCUT2D eigenvalue weighted by Crippen LogP contribution is -2.22. The molecule has 0 atom stereocenters. The predicted octanol–water partition coefficient (Wildman–Crippen LogP) is 4.52. The van der Waals surface area contributed by atoms with Crippen molar-refractivity contribution < 1.29 is 14.5 Å². The number of nitrogens with one attached hydrogen (secondary N) is 1. The summed E-state index contributed by atoms with van der Waals surface area (Å²) in [6, 6.07) is 12.6. The maximum atomic E-state index is 12.3. The van der Waals surface area contributed by atoms with E-state index in [1.54, 1.807) is 43.3 Å². The van der Waals surface area contributed by atoms with Crippen molar-refractivity contribution in [1.29, 1.82) is 0 Å². The van der Waals surface area contributed by atoms with E-state index in [2.05, 4.69) is 26.3 Å². The summed E-state index contributed by atoms with van der Waals surface area (Å²) in [4.78, 5) is 22.6. The lowest BCUT2D eigenvalue weighted by atomic mass is 10.3. The molecule has 0 bridgehead atoms. The number of aryl methyl sites for hydroxylation is 1. The second-order valence-electron chi connectivity index (χ2n) is 5.77. The third-order valence-electron chi connectivity index (χ3n) is 3.66. The number of nitro benzene ring substituents is 1. The van der Waals surface area contributed by atoms with Crippen molar-refractivity contribution in [2.24, 2.45) is 0 Å². The van der Waals surface area contributed by atoms with Crippen LogP contribution >= 0.6 is 27.5 Å². The Morgan fingerprint density at radius 1 is 1.29 bits per heavy atom. The zero-order chi connectivity index (χ0) is 20.3. The Balaban J connectivity index is 1.72. The Hall–Kier alpha value is -2.91. The highest BCUT2D eigenvalue weighted by Gasteiger charge is 2.13. The number of anilines is 1. The second-order valence-corrected chi connectivity index (χ2v) is 7.09. The van der Waals surface area contributed by atoms with E-state index in [4.69, 9.17) is 16.3 Å². The van der Waals surface area contributed by atoms with Crippen LogP contribution in [0.5, 0.6) is 5.75 Å². The van der Waals surface area contributed by atoms with E-state index in [1.807, 2.05) is 0 Å². The van der Waals surface area contributed by atoms with Gasteiger partial charge in [-0.3, -0.25) is 14.9 Å². The third-order valence-corrected chi connectivity index (χ3v) is 4.45. The summed E-state index contributed by atoms with van der Waals surface area (Å²) in [5.41, 5.74) is 1.22. The second kappa shape index (κ2) is 8.41. The van der Waals surface area contributed by atoms with Crippen LogP contribution in [0.4, 0.5) is 11.5 Å². The quantitative estimate of drug-likeness (QED) is 0.426. The number of halogens is 2. The number of aromatic nitrogens is 2. The fourth-order valence-electron chi connectivity index (χ4n) is 2.42. The standard InChI is InChI=1S/C18H14BrClN4O4/c1-11-8-17(23(22-11)13-3-5-14(6-4-13)24(26)27)21-18(25)10-28-16-7-2-12(19)9-15(16)20/h2-9H,10H2,1H3,(H,21,25). The molecular weight excluding hydrogens is 452 g/mol. The number of nitro groups is 1. The highest BCUT2D eigenvalue weighted by Crippen LogP contribution is 2.27. The molecule has 0 fully saturated rings. The minimum atomic E-state index is -0.481. The van der Waals surface area contributed by atoms with Crippen molar-refractivity contribution >= 4 is 44.9 Å². The van der Waals surface area contributed by atoms with Crippen LogP contribution in [0.15, 0.2) is 53.0 Å². The van der Waals surface area contributed by atoms with Gasteiger partial charge in [0.2, 0.25) is 0 Å². The average Bonchev–Trinajstić information content (AvgIpc) is 3.01. The molecule has 3 rings (SSSR count). The van der Waals surface area contributed by atoms with Gasteiger partial charge >= 0.3 is 0 Å². The van der Waals surface area contributed by atoms with E-state index in [0.29, 0.717) is 28.0 Å². The molecule has 0 unspecified atom stereocenters. The van der Waals surface area contributed by atoms with Gasteiger partial charge in [-0.1, -0.05) is 27.5 Å². The van der Waals surface area contributed by atoms with Crippen LogP contribution in [0.1, 0.15) is 5.69 Å². The van der Waals surface area contributed by atoms with Gasteiger partial charge in [0.15, 0.2) is 6.61 Å². The fraction of sp³-hybridized carbons (Fsp3) is 0.111. The number of carbonyl (C=O) groups excluding carboxylic acids is 1. The first-order chi connectivity index (χ1) is 13.3. The first kappa shape index (κ1) is 19.8. The fourth-order valence-corrected chi connectivity index (χ4v) is 3.14. The number of ether oxygens (including phenoxy) is 1. The van der Waals surface area contributed by atoms with Gasteiger partial charge in [0, 0.05) is 22.7 Å². The molecule has 3 aromatic rings. The predicted molar refractivity (Wildman–Crippen MR) is 108 cm³/mol. The molecule has 0 spiro atoms. The minimum absolute atomic E-state index is 0.0296. The van der Waals surface area contributed by atoms with Gasteiger partial charge in [-0.2, -0.15) is 5.10 Å². The van der Waals surface area contributed by atoms with Crippen LogP contribution in [0.3, 0.4) is 0 Å². The molecule has 10 heteroatoms. The van der Waals surface area contributed by atoms with Crippen LogP contribution in [0.25, 0.3) is 5.69 Å². The van der Waals surface area contributed by atoms with Crippen molar-refractivity contribution in [1.82, 2.24) is 9.78 Å². The molecule has 0 radical (unpaired) electrons. The van der Waals surface area contributed by atoms with Crippen LogP contribution < -0.4 is 10.1 Å². The van der Waals surface area contributed by atoms with Crippen molar-refractivity contribution in [2.45, 2.75) is 6.92 Å². The molecule has 1 heterocycles. The maximum Gasteiger partial charge on any atom is 0.269 e. The molecule has 1 N–H and O–H groups in total. The monoisotopic (exact) mass is 464 g/mol. The van der Waals surface area contributed by atoms with E-state index in [-0.39, 0.29) is 12.3 Å². The highest BCUT2D eigenvalue weighted by atomic mass is 79.9. The summed E-state index contributed by atoms with van der Waals surface area (Å²) in [6.45, 7) is 1.53. The largest absolute Gasteiger partial charge is 0.482 e.